The Morgan fingerprint density at radius 2 is 1.65 bits per heavy atom. The van der Waals surface area contributed by atoms with Crippen molar-refractivity contribution < 1.29 is 14.3 Å². The van der Waals surface area contributed by atoms with E-state index in [0.717, 1.165) is 37.4 Å². The first-order valence-electron chi connectivity index (χ1n) is 11.0. The average Bonchev–Trinajstić information content (AvgIpc) is 2.88. The molecular weight excluding hydrogens is 430 g/mol. The fourth-order valence-electron chi connectivity index (χ4n) is 3.69. The minimum Gasteiger partial charge on any atom is -0.465 e. The summed E-state index contributed by atoms with van der Waals surface area (Å²) in [5.41, 5.74) is 2.55. The van der Waals surface area contributed by atoms with Gasteiger partial charge < -0.3 is 20.3 Å². The van der Waals surface area contributed by atoms with Crippen molar-refractivity contribution in [1.29, 1.82) is 0 Å². The second kappa shape index (κ2) is 11.0. The van der Waals surface area contributed by atoms with Crippen molar-refractivity contribution in [2.24, 2.45) is 0 Å². The maximum atomic E-state index is 12.5. The standard InChI is InChI=1S/C26H25N5O3/c1-34-24(32)21-7-2-5-19(17-21)9-10-20-6-3-8-23(18-20)30-26(33)29-22-11-15-31(16-12-22)25-27-13-4-14-28-25/h2-8,13-14,17-18,22H,11-12,15-16H2,1H3,(H2,29,30,33). The zero-order valence-electron chi connectivity index (χ0n) is 18.8. The number of rotatable bonds is 4. The van der Waals surface area contributed by atoms with Gasteiger partial charge in [0, 0.05) is 48.3 Å². The smallest absolute Gasteiger partial charge is 0.337 e. The van der Waals surface area contributed by atoms with Crippen molar-refractivity contribution in [3.05, 3.63) is 83.7 Å². The first-order valence-corrected chi connectivity index (χ1v) is 11.0. The Kier molecular flexibility index (Phi) is 7.35. The molecule has 1 fully saturated rings. The third-order valence-electron chi connectivity index (χ3n) is 5.42. The summed E-state index contributed by atoms with van der Waals surface area (Å²) in [7, 11) is 1.35. The summed E-state index contributed by atoms with van der Waals surface area (Å²) in [5, 5.41) is 5.93. The van der Waals surface area contributed by atoms with E-state index in [1.165, 1.54) is 7.11 Å². The van der Waals surface area contributed by atoms with Crippen LogP contribution in [0.25, 0.3) is 0 Å². The number of benzene rings is 2. The second-order valence-electron chi connectivity index (χ2n) is 7.81. The molecule has 0 aliphatic carbocycles. The van der Waals surface area contributed by atoms with E-state index in [1.54, 1.807) is 36.7 Å². The van der Waals surface area contributed by atoms with Crippen molar-refractivity contribution in [3.63, 3.8) is 0 Å². The van der Waals surface area contributed by atoms with E-state index in [0.29, 0.717) is 16.8 Å². The molecule has 2 aromatic carbocycles. The number of nitrogens with zero attached hydrogens (tertiary/aromatic N) is 3. The summed E-state index contributed by atoms with van der Waals surface area (Å²) in [6.45, 7) is 1.58. The number of hydrogen-bond acceptors (Lipinski definition) is 6. The first kappa shape index (κ1) is 22.8. The molecule has 3 aromatic rings. The van der Waals surface area contributed by atoms with Gasteiger partial charge in [0.1, 0.15) is 0 Å². The molecule has 2 N–H and O–H groups in total. The van der Waals surface area contributed by atoms with E-state index in [1.807, 2.05) is 30.3 Å². The number of anilines is 2. The van der Waals surface area contributed by atoms with Crippen molar-refractivity contribution in [2.75, 3.05) is 30.4 Å². The van der Waals surface area contributed by atoms with Gasteiger partial charge >= 0.3 is 12.0 Å². The number of aromatic nitrogens is 2. The molecule has 1 aromatic heterocycles. The molecule has 2 heterocycles. The Balaban J connectivity index is 1.31. The quantitative estimate of drug-likeness (QED) is 0.462. The summed E-state index contributed by atoms with van der Waals surface area (Å²) >= 11 is 0. The molecule has 8 nitrogen and oxygen atoms in total. The highest BCUT2D eigenvalue weighted by Crippen LogP contribution is 2.16. The topological polar surface area (TPSA) is 96.4 Å². The molecule has 1 aliphatic rings. The minimum absolute atomic E-state index is 0.0880. The summed E-state index contributed by atoms with van der Waals surface area (Å²) in [6, 6.07) is 15.9. The maximum Gasteiger partial charge on any atom is 0.337 e. The van der Waals surface area contributed by atoms with Crippen LogP contribution in [-0.2, 0) is 4.74 Å². The SMILES string of the molecule is COC(=O)c1cccc(C#Cc2cccc(NC(=O)NC3CCN(c4ncccn4)CC3)c2)c1. The largest absolute Gasteiger partial charge is 0.465 e. The van der Waals surface area contributed by atoms with Crippen LogP contribution in [0.3, 0.4) is 0 Å². The second-order valence-corrected chi connectivity index (χ2v) is 7.81. The number of carbonyl (C=O) groups excluding carboxylic acids is 2. The van der Waals surface area contributed by atoms with Crippen LogP contribution in [0, 0.1) is 11.8 Å². The summed E-state index contributed by atoms with van der Waals surface area (Å²) in [6.07, 6.45) is 5.11. The molecule has 1 aliphatic heterocycles. The monoisotopic (exact) mass is 455 g/mol. The van der Waals surface area contributed by atoms with E-state index in [9.17, 15) is 9.59 Å². The number of piperidine rings is 1. The Labute approximate surface area is 198 Å². The Hall–Kier alpha value is -4.38. The van der Waals surface area contributed by atoms with Crippen LogP contribution in [0.4, 0.5) is 16.4 Å². The van der Waals surface area contributed by atoms with Crippen LogP contribution in [-0.4, -0.2) is 48.2 Å². The molecule has 2 amide bonds. The normalized spacial score (nSPS) is 13.4. The molecule has 8 heteroatoms. The Morgan fingerprint density at radius 3 is 2.35 bits per heavy atom. The molecule has 172 valence electrons. The van der Waals surface area contributed by atoms with Crippen molar-refractivity contribution in [1.82, 2.24) is 15.3 Å². The number of urea groups is 1. The number of amides is 2. The van der Waals surface area contributed by atoms with Gasteiger partial charge in [-0.2, -0.15) is 0 Å². The van der Waals surface area contributed by atoms with Gasteiger partial charge in [0.2, 0.25) is 5.95 Å². The van der Waals surface area contributed by atoms with Crippen LogP contribution < -0.4 is 15.5 Å². The fraction of sp³-hybridized carbons (Fsp3) is 0.231. The molecule has 0 spiro atoms. The number of esters is 1. The molecule has 0 bridgehead atoms. The average molecular weight is 456 g/mol. The lowest BCUT2D eigenvalue weighted by molar-refractivity contribution is 0.0600. The zero-order valence-corrected chi connectivity index (χ0v) is 18.8. The summed E-state index contributed by atoms with van der Waals surface area (Å²) in [5.74, 6) is 6.43. The van der Waals surface area contributed by atoms with Crippen molar-refractivity contribution >= 4 is 23.6 Å². The molecule has 0 radical (unpaired) electrons. The maximum absolute atomic E-state index is 12.5. The first-order chi connectivity index (χ1) is 16.6. The van der Waals surface area contributed by atoms with Crippen LogP contribution in [0.2, 0.25) is 0 Å². The third-order valence-corrected chi connectivity index (χ3v) is 5.42. The fourth-order valence-corrected chi connectivity index (χ4v) is 3.69. The lowest BCUT2D eigenvalue weighted by Crippen LogP contribution is -2.46. The highest BCUT2D eigenvalue weighted by atomic mass is 16.5. The Bertz CT molecular complexity index is 1210. The van der Waals surface area contributed by atoms with E-state index in [2.05, 4.69) is 37.3 Å². The minimum atomic E-state index is -0.403. The summed E-state index contributed by atoms with van der Waals surface area (Å²) < 4.78 is 4.75. The van der Waals surface area contributed by atoms with Crippen LogP contribution in [0.15, 0.2) is 67.0 Å². The molecule has 1 saturated heterocycles. The van der Waals surface area contributed by atoms with Crippen molar-refractivity contribution in [2.45, 2.75) is 18.9 Å². The number of ether oxygens (including phenoxy) is 1. The molecule has 0 saturated carbocycles. The van der Waals surface area contributed by atoms with Crippen molar-refractivity contribution in [3.8, 4) is 11.8 Å². The zero-order chi connectivity index (χ0) is 23.8. The van der Waals surface area contributed by atoms with E-state index in [-0.39, 0.29) is 12.1 Å². The lowest BCUT2D eigenvalue weighted by Gasteiger charge is -2.32. The van der Waals surface area contributed by atoms with Crippen LogP contribution in [0.5, 0.6) is 0 Å². The van der Waals surface area contributed by atoms with E-state index >= 15 is 0 Å². The predicted molar refractivity (Wildman–Crippen MR) is 130 cm³/mol. The van der Waals surface area contributed by atoms with Gasteiger partial charge in [-0.15, -0.1) is 0 Å². The lowest BCUT2D eigenvalue weighted by atomic mass is 10.1. The third kappa shape index (κ3) is 6.11. The molecule has 4 rings (SSSR count). The molecule has 0 unspecified atom stereocenters. The molecular formula is C26H25N5O3. The van der Waals surface area contributed by atoms with Crippen LogP contribution >= 0.6 is 0 Å². The predicted octanol–water partition coefficient (Wildman–Crippen LogP) is 3.45. The van der Waals surface area contributed by atoms with Gasteiger partial charge in [0.25, 0.3) is 0 Å². The van der Waals surface area contributed by atoms with Gasteiger partial charge in [-0.1, -0.05) is 24.0 Å². The number of carbonyl (C=O) groups is 2. The Morgan fingerprint density at radius 1 is 0.971 bits per heavy atom. The van der Waals surface area contributed by atoms with E-state index in [4.69, 9.17) is 4.74 Å². The van der Waals surface area contributed by atoms with Gasteiger partial charge in [-0.3, -0.25) is 0 Å². The number of hydrogen-bond donors (Lipinski definition) is 2. The number of methoxy groups -OCH3 is 1. The number of nitrogens with one attached hydrogen (secondary N) is 2. The van der Waals surface area contributed by atoms with Gasteiger partial charge in [-0.05, 0) is 55.3 Å². The van der Waals surface area contributed by atoms with E-state index < -0.39 is 5.97 Å². The molecule has 0 atom stereocenters. The van der Waals surface area contributed by atoms with Crippen LogP contribution in [0.1, 0.15) is 34.3 Å². The van der Waals surface area contributed by atoms with Gasteiger partial charge in [0.15, 0.2) is 0 Å². The highest BCUT2D eigenvalue weighted by molar-refractivity contribution is 5.90. The summed E-state index contributed by atoms with van der Waals surface area (Å²) in [4.78, 5) is 34.9. The van der Waals surface area contributed by atoms with Gasteiger partial charge in [-0.25, -0.2) is 19.6 Å². The molecule has 34 heavy (non-hydrogen) atoms. The highest BCUT2D eigenvalue weighted by Gasteiger charge is 2.22. The van der Waals surface area contributed by atoms with Gasteiger partial charge in [0.05, 0.1) is 12.7 Å².